The number of piperazine rings is 1. The van der Waals surface area contributed by atoms with Gasteiger partial charge in [0, 0.05) is 44.3 Å². The minimum absolute atomic E-state index is 0.0832. The van der Waals surface area contributed by atoms with Crippen molar-refractivity contribution in [2.75, 3.05) is 26.2 Å². The normalized spacial score (nSPS) is 15.2. The molecule has 1 fully saturated rings. The summed E-state index contributed by atoms with van der Waals surface area (Å²) in [7, 11) is 0. The SMILES string of the molecule is CCn1cc([N+](=O)[O-])c(C(=O)N2CCN(Cc3cccc(Cl)c3)CC2)n1. The number of carbonyl (C=O) groups is 1. The molecule has 0 radical (unpaired) electrons. The van der Waals surface area contributed by atoms with E-state index < -0.39 is 4.92 Å². The Labute approximate surface area is 156 Å². The topological polar surface area (TPSA) is 84.5 Å². The van der Waals surface area contributed by atoms with Crippen LogP contribution in [0.2, 0.25) is 5.02 Å². The molecule has 2 aromatic rings. The maximum absolute atomic E-state index is 12.7. The van der Waals surface area contributed by atoms with Crippen molar-refractivity contribution >= 4 is 23.2 Å². The van der Waals surface area contributed by atoms with Gasteiger partial charge in [0.2, 0.25) is 5.69 Å². The fourth-order valence-electron chi connectivity index (χ4n) is 3.01. The lowest BCUT2D eigenvalue weighted by Gasteiger charge is -2.34. The van der Waals surface area contributed by atoms with Crippen LogP contribution in [0.4, 0.5) is 5.69 Å². The van der Waals surface area contributed by atoms with Crippen molar-refractivity contribution in [3.8, 4) is 0 Å². The minimum atomic E-state index is -0.554. The second-order valence-electron chi connectivity index (χ2n) is 6.17. The van der Waals surface area contributed by atoms with E-state index in [0.29, 0.717) is 37.7 Å². The standard InChI is InChI=1S/C17H20ClN5O3/c1-2-22-12-15(23(25)26)16(19-22)17(24)21-8-6-20(7-9-21)11-13-4-3-5-14(18)10-13/h3-5,10,12H,2,6-9,11H2,1H3. The largest absolute Gasteiger partial charge is 0.334 e. The molecule has 1 aromatic heterocycles. The van der Waals surface area contributed by atoms with Gasteiger partial charge in [-0.2, -0.15) is 5.10 Å². The van der Waals surface area contributed by atoms with Crippen LogP contribution >= 0.6 is 11.6 Å². The van der Waals surface area contributed by atoms with Crippen molar-refractivity contribution in [2.24, 2.45) is 0 Å². The van der Waals surface area contributed by atoms with Gasteiger partial charge in [-0.15, -0.1) is 0 Å². The molecule has 1 aliphatic rings. The Balaban J connectivity index is 1.63. The zero-order chi connectivity index (χ0) is 18.7. The first-order valence-corrected chi connectivity index (χ1v) is 8.83. The Bertz CT molecular complexity index is 814. The third kappa shape index (κ3) is 4.03. The average Bonchev–Trinajstić information content (AvgIpc) is 3.07. The molecule has 0 spiro atoms. The highest BCUT2D eigenvalue weighted by molar-refractivity contribution is 6.30. The van der Waals surface area contributed by atoms with Gasteiger partial charge in [0.1, 0.15) is 6.20 Å². The Morgan fingerprint density at radius 3 is 2.65 bits per heavy atom. The van der Waals surface area contributed by atoms with Crippen molar-refractivity contribution in [3.05, 3.63) is 56.9 Å². The molecule has 1 amide bonds. The first-order chi connectivity index (χ1) is 12.5. The molecule has 0 bridgehead atoms. The summed E-state index contributed by atoms with van der Waals surface area (Å²) < 4.78 is 1.42. The average molecular weight is 378 g/mol. The van der Waals surface area contributed by atoms with E-state index in [0.717, 1.165) is 12.1 Å². The van der Waals surface area contributed by atoms with E-state index in [9.17, 15) is 14.9 Å². The highest BCUT2D eigenvalue weighted by atomic mass is 35.5. The minimum Gasteiger partial charge on any atom is -0.334 e. The zero-order valence-corrected chi connectivity index (χ0v) is 15.2. The molecule has 8 nitrogen and oxygen atoms in total. The molecule has 0 unspecified atom stereocenters. The molecule has 26 heavy (non-hydrogen) atoms. The van der Waals surface area contributed by atoms with Crippen LogP contribution in [0.3, 0.4) is 0 Å². The Kier molecular flexibility index (Phi) is 5.53. The third-order valence-electron chi connectivity index (χ3n) is 4.42. The molecule has 9 heteroatoms. The smallest absolute Gasteiger partial charge is 0.320 e. The van der Waals surface area contributed by atoms with Crippen LogP contribution in [0.5, 0.6) is 0 Å². The Hall–Kier alpha value is -2.45. The van der Waals surface area contributed by atoms with E-state index in [4.69, 9.17) is 11.6 Å². The molecule has 0 saturated carbocycles. The van der Waals surface area contributed by atoms with Crippen LogP contribution in [0.1, 0.15) is 23.0 Å². The molecule has 0 atom stereocenters. The molecule has 138 valence electrons. The van der Waals surface area contributed by atoms with Crippen LogP contribution in [-0.2, 0) is 13.1 Å². The van der Waals surface area contributed by atoms with Gasteiger partial charge in [-0.3, -0.25) is 24.5 Å². The summed E-state index contributed by atoms with van der Waals surface area (Å²) in [6.07, 6.45) is 1.31. The number of nitro groups is 1. The number of nitrogens with zero attached hydrogens (tertiary/aromatic N) is 5. The van der Waals surface area contributed by atoms with Gasteiger partial charge in [-0.1, -0.05) is 23.7 Å². The van der Waals surface area contributed by atoms with E-state index in [2.05, 4.69) is 10.00 Å². The maximum atomic E-state index is 12.7. The van der Waals surface area contributed by atoms with Gasteiger partial charge in [0.25, 0.3) is 5.91 Å². The molecule has 0 N–H and O–H groups in total. The second-order valence-corrected chi connectivity index (χ2v) is 6.61. The number of aromatic nitrogens is 2. The molecule has 1 aliphatic heterocycles. The molecular formula is C17H20ClN5O3. The maximum Gasteiger partial charge on any atom is 0.320 e. The summed E-state index contributed by atoms with van der Waals surface area (Å²) >= 11 is 6.01. The molecule has 1 saturated heterocycles. The third-order valence-corrected chi connectivity index (χ3v) is 4.66. The molecule has 1 aromatic carbocycles. The van der Waals surface area contributed by atoms with Gasteiger partial charge in [-0.05, 0) is 24.6 Å². The van der Waals surface area contributed by atoms with E-state index in [1.807, 2.05) is 31.2 Å². The van der Waals surface area contributed by atoms with Crippen LogP contribution in [0.25, 0.3) is 0 Å². The predicted octanol–water partition coefficient (Wildman–Crippen LogP) is 2.42. The summed E-state index contributed by atoms with van der Waals surface area (Å²) in [5, 5.41) is 16.0. The predicted molar refractivity (Wildman–Crippen MR) is 97.2 cm³/mol. The van der Waals surface area contributed by atoms with Crippen molar-refractivity contribution in [3.63, 3.8) is 0 Å². The number of benzene rings is 1. The molecular weight excluding hydrogens is 358 g/mol. The van der Waals surface area contributed by atoms with Crippen molar-refractivity contribution in [2.45, 2.75) is 20.0 Å². The van der Waals surface area contributed by atoms with Crippen LogP contribution in [-0.4, -0.2) is 56.6 Å². The number of halogens is 1. The highest BCUT2D eigenvalue weighted by Gasteiger charge is 2.31. The Morgan fingerprint density at radius 1 is 1.31 bits per heavy atom. The summed E-state index contributed by atoms with van der Waals surface area (Å²) in [6.45, 7) is 5.46. The number of amides is 1. The van der Waals surface area contributed by atoms with Crippen LogP contribution in [0.15, 0.2) is 30.5 Å². The second kappa shape index (κ2) is 7.84. The lowest BCUT2D eigenvalue weighted by atomic mass is 10.2. The van der Waals surface area contributed by atoms with Crippen molar-refractivity contribution in [1.82, 2.24) is 19.6 Å². The van der Waals surface area contributed by atoms with Gasteiger partial charge >= 0.3 is 5.69 Å². The number of hydrogen-bond donors (Lipinski definition) is 0. The van der Waals surface area contributed by atoms with Gasteiger partial charge in [0.15, 0.2) is 0 Å². The summed E-state index contributed by atoms with van der Waals surface area (Å²) in [5.74, 6) is -0.383. The van der Waals surface area contributed by atoms with E-state index >= 15 is 0 Å². The monoisotopic (exact) mass is 377 g/mol. The van der Waals surface area contributed by atoms with Gasteiger partial charge in [-0.25, -0.2) is 0 Å². The number of aryl methyl sites for hydroxylation is 1. The number of hydrogen-bond acceptors (Lipinski definition) is 5. The highest BCUT2D eigenvalue weighted by Crippen LogP contribution is 2.20. The van der Waals surface area contributed by atoms with Crippen LogP contribution in [0, 0.1) is 10.1 Å². The van der Waals surface area contributed by atoms with Crippen molar-refractivity contribution < 1.29 is 9.72 Å². The van der Waals surface area contributed by atoms with Crippen molar-refractivity contribution in [1.29, 1.82) is 0 Å². The summed E-state index contributed by atoms with van der Waals surface area (Å²) in [5.41, 5.74) is 0.799. The summed E-state index contributed by atoms with van der Waals surface area (Å²) in [6, 6.07) is 7.70. The lowest BCUT2D eigenvalue weighted by Crippen LogP contribution is -2.48. The fraction of sp³-hybridized carbons (Fsp3) is 0.412. The zero-order valence-electron chi connectivity index (χ0n) is 14.5. The lowest BCUT2D eigenvalue weighted by molar-refractivity contribution is -0.385. The van der Waals surface area contributed by atoms with Crippen LogP contribution < -0.4 is 0 Å². The van der Waals surface area contributed by atoms with Gasteiger partial charge < -0.3 is 4.90 Å². The fourth-order valence-corrected chi connectivity index (χ4v) is 3.22. The first-order valence-electron chi connectivity index (χ1n) is 8.46. The van der Waals surface area contributed by atoms with E-state index in [1.165, 1.54) is 10.9 Å². The molecule has 0 aliphatic carbocycles. The number of rotatable bonds is 5. The van der Waals surface area contributed by atoms with E-state index in [-0.39, 0.29) is 17.3 Å². The Morgan fingerprint density at radius 2 is 2.04 bits per heavy atom. The van der Waals surface area contributed by atoms with E-state index in [1.54, 1.807) is 4.90 Å². The quantitative estimate of drug-likeness (QED) is 0.590. The molecule has 3 rings (SSSR count). The summed E-state index contributed by atoms with van der Waals surface area (Å²) in [4.78, 5) is 27.2. The number of carbonyl (C=O) groups excluding carboxylic acids is 1. The molecule has 2 heterocycles. The first kappa shape index (κ1) is 18.3. The van der Waals surface area contributed by atoms with Gasteiger partial charge in [0.05, 0.1) is 4.92 Å².